The van der Waals surface area contributed by atoms with Crippen LogP contribution < -0.4 is 0 Å². The summed E-state index contributed by atoms with van der Waals surface area (Å²) in [5.41, 5.74) is 0.312. The zero-order chi connectivity index (χ0) is 9.86. The third kappa shape index (κ3) is 2.27. The van der Waals surface area contributed by atoms with Gasteiger partial charge in [-0.05, 0) is 25.9 Å². The molecule has 2 rings (SSSR count). The molecule has 0 amide bonds. The molecule has 0 aromatic heterocycles. The van der Waals surface area contributed by atoms with Crippen LogP contribution in [-0.2, 0) is 9.47 Å². The summed E-state index contributed by atoms with van der Waals surface area (Å²) in [6.45, 7) is 6.33. The predicted molar refractivity (Wildman–Crippen MR) is 55.4 cm³/mol. The van der Waals surface area contributed by atoms with E-state index in [1.54, 1.807) is 7.11 Å². The maximum atomic E-state index is 5.33. The smallest absolute Gasteiger partial charge is 0.0579 e. The first-order valence-electron chi connectivity index (χ1n) is 5.64. The Morgan fingerprint density at radius 3 is 2.43 bits per heavy atom. The van der Waals surface area contributed by atoms with Crippen molar-refractivity contribution in [3.05, 3.63) is 0 Å². The molecule has 0 aromatic carbocycles. The van der Waals surface area contributed by atoms with E-state index in [-0.39, 0.29) is 0 Å². The van der Waals surface area contributed by atoms with Crippen LogP contribution >= 0.6 is 0 Å². The summed E-state index contributed by atoms with van der Waals surface area (Å²) in [6, 6.07) is 0. The van der Waals surface area contributed by atoms with Gasteiger partial charge in [0.1, 0.15) is 0 Å². The van der Waals surface area contributed by atoms with Crippen LogP contribution in [0.2, 0.25) is 0 Å². The third-order valence-electron chi connectivity index (χ3n) is 3.27. The van der Waals surface area contributed by atoms with Gasteiger partial charge in [-0.2, -0.15) is 0 Å². The molecule has 2 aliphatic heterocycles. The number of hydrogen-bond acceptors (Lipinski definition) is 3. The van der Waals surface area contributed by atoms with E-state index in [1.165, 1.54) is 38.9 Å². The van der Waals surface area contributed by atoms with Gasteiger partial charge in [0, 0.05) is 13.7 Å². The number of rotatable bonds is 4. The summed E-state index contributed by atoms with van der Waals surface area (Å²) in [7, 11) is 1.79. The van der Waals surface area contributed by atoms with E-state index in [1.807, 2.05) is 0 Å². The topological polar surface area (TPSA) is 21.7 Å². The summed E-state index contributed by atoms with van der Waals surface area (Å²) in [6.07, 6.45) is 4.14. The summed E-state index contributed by atoms with van der Waals surface area (Å²) in [4.78, 5) is 2.57. The van der Waals surface area contributed by atoms with Gasteiger partial charge in [-0.1, -0.05) is 6.42 Å². The van der Waals surface area contributed by atoms with Crippen molar-refractivity contribution in [1.29, 1.82) is 0 Å². The first-order chi connectivity index (χ1) is 6.85. The van der Waals surface area contributed by atoms with E-state index in [0.29, 0.717) is 5.41 Å². The van der Waals surface area contributed by atoms with Crippen LogP contribution in [-0.4, -0.2) is 51.5 Å². The second-order valence-electron chi connectivity index (χ2n) is 4.76. The summed E-state index contributed by atoms with van der Waals surface area (Å²) in [5.74, 6) is 0. The molecule has 0 spiro atoms. The molecule has 14 heavy (non-hydrogen) atoms. The largest absolute Gasteiger partial charge is 0.384 e. The highest BCUT2D eigenvalue weighted by Gasteiger charge is 2.40. The van der Waals surface area contributed by atoms with E-state index < -0.39 is 0 Å². The number of methoxy groups -OCH3 is 1. The minimum Gasteiger partial charge on any atom is -0.384 e. The average Bonchev–Trinajstić information content (AvgIpc) is 2.16. The summed E-state index contributed by atoms with van der Waals surface area (Å²) in [5, 5.41) is 0. The fraction of sp³-hybridized carbons (Fsp3) is 1.00. The molecule has 0 bridgehead atoms. The van der Waals surface area contributed by atoms with Gasteiger partial charge < -0.3 is 14.4 Å². The van der Waals surface area contributed by atoms with Gasteiger partial charge in [-0.25, -0.2) is 0 Å². The molecule has 82 valence electrons. The second kappa shape index (κ2) is 4.60. The fourth-order valence-electron chi connectivity index (χ4n) is 2.51. The predicted octanol–water partition coefficient (Wildman–Crippen LogP) is 1.14. The van der Waals surface area contributed by atoms with Gasteiger partial charge in [0.15, 0.2) is 0 Å². The number of ether oxygens (including phenoxy) is 2. The van der Waals surface area contributed by atoms with Crippen molar-refractivity contribution in [2.45, 2.75) is 19.3 Å². The minimum atomic E-state index is 0.312. The Hall–Kier alpha value is -0.120. The monoisotopic (exact) mass is 199 g/mol. The second-order valence-corrected chi connectivity index (χ2v) is 4.76. The number of hydrogen-bond donors (Lipinski definition) is 0. The molecule has 3 nitrogen and oxygen atoms in total. The Morgan fingerprint density at radius 1 is 1.21 bits per heavy atom. The van der Waals surface area contributed by atoms with E-state index in [9.17, 15) is 0 Å². The van der Waals surface area contributed by atoms with Crippen LogP contribution in [0.3, 0.4) is 0 Å². The maximum Gasteiger partial charge on any atom is 0.0579 e. The maximum absolute atomic E-state index is 5.33. The molecule has 2 heterocycles. The molecule has 2 saturated heterocycles. The van der Waals surface area contributed by atoms with Gasteiger partial charge in [0.25, 0.3) is 0 Å². The van der Waals surface area contributed by atoms with Gasteiger partial charge in [-0.15, -0.1) is 0 Å². The van der Waals surface area contributed by atoms with Crippen molar-refractivity contribution >= 4 is 0 Å². The lowest BCUT2D eigenvalue weighted by molar-refractivity contribution is -0.155. The Balaban J connectivity index is 1.80. The molecule has 0 saturated carbocycles. The molecule has 2 aliphatic rings. The average molecular weight is 199 g/mol. The molecule has 0 N–H and O–H groups in total. The normalized spacial score (nSPS) is 27.2. The molecule has 3 heteroatoms. The molecule has 0 radical (unpaired) electrons. The molecule has 0 aromatic rings. The van der Waals surface area contributed by atoms with E-state index in [4.69, 9.17) is 9.47 Å². The molecular weight excluding hydrogens is 178 g/mol. The molecule has 0 aliphatic carbocycles. The van der Waals surface area contributed by atoms with E-state index in [2.05, 4.69) is 4.90 Å². The fourth-order valence-corrected chi connectivity index (χ4v) is 2.51. The minimum absolute atomic E-state index is 0.312. The van der Waals surface area contributed by atoms with Crippen molar-refractivity contribution in [1.82, 2.24) is 4.90 Å². The zero-order valence-corrected chi connectivity index (χ0v) is 9.13. The number of likely N-dealkylation sites (tertiary alicyclic amines) is 1. The first-order valence-corrected chi connectivity index (χ1v) is 5.64. The Labute approximate surface area is 86.4 Å². The molecule has 0 atom stereocenters. The van der Waals surface area contributed by atoms with Crippen LogP contribution in [0.5, 0.6) is 0 Å². The molecule has 0 unspecified atom stereocenters. The van der Waals surface area contributed by atoms with Crippen LogP contribution in [0.1, 0.15) is 19.3 Å². The lowest BCUT2D eigenvalue weighted by atomic mass is 9.86. The quantitative estimate of drug-likeness (QED) is 0.677. The van der Waals surface area contributed by atoms with Gasteiger partial charge in [-0.3, -0.25) is 0 Å². The zero-order valence-electron chi connectivity index (χ0n) is 9.13. The van der Waals surface area contributed by atoms with Crippen molar-refractivity contribution in [2.24, 2.45) is 5.41 Å². The standard InChI is InChI=1S/C11H21NO2/c1-13-8-11(9-14-10-11)7-12-5-3-2-4-6-12/h2-10H2,1H3. The first kappa shape index (κ1) is 10.4. The highest BCUT2D eigenvalue weighted by atomic mass is 16.5. The SMILES string of the molecule is COCC1(CN2CCCCC2)COC1. The van der Waals surface area contributed by atoms with E-state index >= 15 is 0 Å². The highest BCUT2D eigenvalue weighted by molar-refractivity contribution is 4.89. The van der Waals surface area contributed by atoms with Gasteiger partial charge in [0.05, 0.1) is 25.2 Å². The van der Waals surface area contributed by atoms with E-state index in [0.717, 1.165) is 19.8 Å². The lowest BCUT2D eigenvalue weighted by Crippen LogP contribution is -2.54. The van der Waals surface area contributed by atoms with Crippen molar-refractivity contribution in [3.8, 4) is 0 Å². The van der Waals surface area contributed by atoms with Gasteiger partial charge >= 0.3 is 0 Å². The van der Waals surface area contributed by atoms with Crippen LogP contribution in [0.15, 0.2) is 0 Å². The Bertz CT molecular complexity index is 174. The number of piperidine rings is 1. The van der Waals surface area contributed by atoms with Crippen LogP contribution in [0.25, 0.3) is 0 Å². The van der Waals surface area contributed by atoms with Crippen molar-refractivity contribution < 1.29 is 9.47 Å². The third-order valence-corrected chi connectivity index (χ3v) is 3.27. The summed E-state index contributed by atoms with van der Waals surface area (Å²) < 4.78 is 10.6. The van der Waals surface area contributed by atoms with Crippen LogP contribution in [0.4, 0.5) is 0 Å². The van der Waals surface area contributed by atoms with Crippen molar-refractivity contribution in [3.63, 3.8) is 0 Å². The Morgan fingerprint density at radius 2 is 1.93 bits per heavy atom. The molecule has 2 fully saturated rings. The number of nitrogens with zero attached hydrogens (tertiary/aromatic N) is 1. The van der Waals surface area contributed by atoms with Crippen LogP contribution in [0, 0.1) is 5.41 Å². The Kier molecular flexibility index (Phi) is 3.42. The molecular formula is C11H21NO2. The highest BCUT2D eigenvalue weighted by Crippen LogP contribution is 2.29. The van der Waals surface area contributed by atoms with Crippen molar-refractivity contribution in [2.75, 3.05) is 46.6 Å². The van der Waals surface area contributed by atoms with Gasteiger partial charge in [0.2, 0.25) is 0 Å². The summed E-state index contributed by atoms with van der Waals surface area (Å²) >= 11 is 0. The lowest BCUT2D eigenvalue weighted by Gasteiger charge is -2.44.